The summed E-state index contributed by atoms with van der Waals surface area (Å²) in [7, 11) is 0. The highest BCUT2D eigenvalue weighted by Crippen LogP contribution is 1.97. The molecule has 0 aromatic rings. The zero-order valence-electron chi connectivity index (χ0n) is 18.7. The van der Waals surface area contributed by atoms with Crippen LogP contribution in [0.1, 0.15) is 39.0 Å². The van der Waals surface area contributed by atoms with E-state index in [1.807, 2.05) is 0 Å². The minimum atomic E-state index is -0.370. The number of rotatable bonds is 19. The quantitative estimate of drug-likeness (QED) is 0.155. The first-order chi connectivity index (χ1) is 15.1. The van der Waals surface area contributed by atoms with Crippen molar-refractivity contribution < 1.29 is 28.5 Å². The van der Waals surface area contributed by atoms with Crippen molar-refractivity contribution in [3.8, 4) is 0 Å². The molecule has 0 spiro atoms. The molecule has 10 nitrogen and oxygen atoms in total. The summed E-state index contributed by atoms with van der Waals surface area (Å²) in [4.78, 5) is 21.9. The lowest BCUT2D eigenvalue weighted by atomic mass is 10.2. The summed E-state index contributed by atoms with van der Waals surface area (Å²) in [6.07, 6.45) is 3.97. The maximum Gasteiger partial charge on any atom is 0.220 e. The Labute approximate surface area is 191 Å². The molecule has 0 unspecified atom stereocenters. The molecule has 1 rings (SSSR count). The van der Waals surface area contributed by atoms with Gasteiger partial charge in [-0.1, -0.05) is 19.8 Å². The van der Waals surface area contributed by atoms with Crippen LogP contribution in [0.4, 0.5) is 0 Å². The summed E-state index contributed by atoms with van der Waals surface area (Å²) in [5.41, 5.74) is 4.98. The van der Waals surface area contributed by atoms with Crippen molar-refractivity contribution in [3.63, 3.8) is 0 Å². The van der Waals surface area contributed by atoms with Crippen molar-refractivity contribution in [3.05, 3.63) is 0 Å². The molecule has 2 amide bonds. The van der Waals surface area contributed by atoms with Crippen LogP contribution < -0.4 is 21.7 Å². The minimum absolute atomic E-state index is 0.0871. The van der Waals surface area contributed by atoms with Crippen LogP contribution in [0.5, 0.6) is 0 Å². The van der Waals surface area contributed by atoms with E-state index in [9.17, 15) is 9.59 Å². The lowest BCUT2D eigenvalue weighted by Gasteiger charge is -2.08. The molecule has 11 heteroatoms. The van der Waals surface area contributed by atoms with Crippen LogP contribution in [0.3, 0.4) is 0 Å². The van der Waals surface area contributed by atoms with Gasteiger partial charge in [0.25, 0.3) is 0 Å². The van der Waals surface area contributed by atoms with Gasteiger partial charge in [-0.05, 0) is 18.6 Å². The van der Waals surface area contributed by atoms with Crippen LogP contribution >= 0.6 is 12.2 Å². The van der Waals surface area contributed by atoms with Gasteiger partial charge in [0.2, 0.25) is 11.8 Å². The zero-order chi connectivity index (χ0) is 23.0. The Balaban J connectivity index is 0.00000127. The Kier molecular flexibility index (Phi) is 22.0. The molecule has 0 saturated carbocycles. The normalized spacial score (nSPS) is 12.5. The van der Waals surface area contributed by atoms with Gasteiger partial charge in [-0.2, -0.15) is 0 Å². The average molecular weight is 465 g/mol. The van der Waals surface area contributed by atoms with Crippen molar-refractivity contribution in [1.29, 1.82) is 0 Å². The van der Waals surface area contributed by atoms with Gasteiger partial charge < -0.3 is 40.6 Å². The van der Waals surface area contributed by atoms with Gasteiger partial charge in [-0.25, -0.2) is 0 Å². The molecule has 1 saturated heterocycles. The third-order valence-electron chi connectivity index (χ3n) is 3.88. The highest BCUT2D eigenvalue weighted by Gasteiger charge is 2.00. The maximum absolute atomic E-state index is 11.4. The standard InChI is InChI=1S/C17H34N2O6.C3H6N2S/c1-2-3-4-5-17(21)19-7-9-23-11-13-25-15-14-24-12-10-22-8-6-16(18)20;6-3-4-1-2-5-3/h2-15H2,1H3,(H2,18,20)(H,19,21);1-2H2,(H2,4,5,6). The number of nitrogens with one attached hydrogen (secondary N) is 3. The number of unbranched alkanes of at least 4 members (excludes halogenated alkanes) is 2. The van der Waals surface area contributed by atoms with Crippen LogP contribution in [0, 0.1) is 0 Å². The summed E-state index contributed by atoms with van der Waals surface area (Å²) in [5.74, 6) is -0.282. The molecule has 1 fully saturated rings. The van der Waals surface area contributed by atoms with Crippen molar-refractivity contribution in [2.45, 2.75) is 39.0 Å². The third-order valence-corrected chi connectivity index (χ3v) is 4.17. The van der Waals surface area contributed by atoms with Gasteiger partial charge in [-0.3, -0.25) is 9.59 Å². The summed E-state index contributed by atoms with van der Waals surface area (Å²) in [6.45, 7) is 8.26. The molecule has 1 aliphatic heterocycles. The topological polar surface area (TPSA) is 133 Å². The molecule has 0 atom stereocenters. The summed E-state index contributed by atoms with van der Waals surface area (Å²) in [5, 5.41) is 9.49. The smallest absolute Gasteiger partial charge is 0.220 e. The Morgan fingerprint density at radius 3 is 1.84 bits per heavy atom. The largest absolute Gasteiger partial charge is 0.379 e. The van der Waals surface area contributed by atoms with E-state index >= 15 is 0 Å². The summed E-state index contributed by atoms with van der Waals surface area (Å²) < 4.78 is 21.2. The molecule has 0 bridgehead atoms. The van der Waals surface area contributed by atoms with E-state index in [0.717, 1.165) is 37.5 Å². The molecule has 0 radical (unpaired) electrons. The number of ether oxygens (including phenoxy) is 4. The second-order valence-corrected chi connectivity index (χ2v) is 7.06. The molecule has 182 valence electrons. The number of thiocarbonyl (C=S) groups is 1. The van der Waals surface area contributed by atoms with Gasteiger partial charge in [-0.15, -0.1) is 0 Å². The van der Waals surface area contributed by atoms with Crippen LogP contribution in [0.15, 0.2) is 0 Å². The Bertz CT molecular complexity index is 463. The highest BCUT2D eigenvalue weighted by atomic mass is 32.1. The van der Waals surface area contributed by atoms with Crippen LogP contribution in [-0.4, -0.2) is 89.4 Å². The number of nitrogens with two attached hydrogens (primary N) is 1. The second-order valence-electron chi connectivity index (χ2n) is 6.66. The van der Waals surface area contributed by atoms with Gasteiger partial charge >= 0.3 is 0 Å². The zero-order valence-corrected chi connectivity index (χ0v) is 19.6. The second kappa shape index (κ2) is 23.1. The van der Waals surface area contributed by atoms with Crippen molar-refractivity contribution in [1.82, 2.24) is 16.0 Å². The Morgan fingerprint density at radius 2 is 1.39 bits per heavy atom. The van der Waals surface area contributed by atoms with E-state index in [0.29, 0.717) is 65.8 Å². The Morgan fingerprint density at radius 1 is 0.871 bits per heavy atom. The average Bonchev–Trinajstić information content (AvgIpc) is 3.22. The highest BCUT2D eigenvalue weighted by molar-refractivity contribution is 7.80. The van der Waals surface area contributed by atoms with Gasteiger partial charge in [0, 0.05) is 32.5 Å². The van der Waals surface area contributed by atoms with E-state index in [4.69, 9.17) is 36.9 Å². The fourth-order valence-electron chi connectivity index (χ4n) is 2.24. The number of hydrogen-bond donors (Lipinski definition) is 4. The third kappa shape index (κ3) is 24.6. The van der Waals surface area contributed by atoms with Gasteiger partial charge in [0.1, 0.15) is 0 Å². The van der Waals surface area contributed by atoms with E-state index < -0.39 is 0 Å². The first kappa shape index (κ1) is 29.5. The van der Waals surface area contributed by atoms with Crippen molar-refractivity contribution >= 4 is 29.1 Å². The summed E-state index contributed by atoms with van der Waals surface area (Å²) >= 11 is 4.70. The first-order valence-corrected chi connectivity index (χ1v) is 11.3. The predicted octanol–water partition coefficient (Wildman–Crippen LogP) is 0.0888. The van der Waals surface area contributed by atoms with E-state index in [2.05, 4.69) is 22.9 Å². The fraction of sp³-hybridized carbons (Fsp3) is 0.850. The van der Waals surface area contributed by atoms with Crippen molar-refractivity contribution in [2.24, 2.45) is 5.73 Å². The lowest BCUT2D eigenvalue weighted by molar-refractivity contribution is -0.121. The molecular weight excluding hydrogens is 424 g/mol. The molecule has 5 N–H and O–H groups in total. The molecule has 0 aromatic heterocycles. The van der Waals surface area contributed by atoms with Gasteiger partial charge in [0.05, 0.1) is 52.9 Å². The summed E-state index contributed by atoms with van der Waals surface area (Å²) in [6, 6.07) is 0. The first-order valence-electron chi connectivity index (χ1n) is 10.9. The Hall–Kier alpha value is -1.53. The van der Waals surface area contributed by atoms with Crippen LogP contribution in [0.25, 0.3) is 0 Å². The fourth-order valence-corrected chi connectivity index (χ4v) is 2.44. The van der Waals surface area contributed by atoms with Crippen LogP contribution in [-0.2, 0) is 28.5 Å². The van der Waals surface area contributed by atoms with E-state index in [1.165, 1.54) is 0 Å². The lowest BCUT2D eigenvalue weighted by Crippen LogP contribution is -2.27. The molecule has 1 aliphatic rings. The monoisotopic (exact) mass is 464 g/mol. The number of carbonyl (C=O) groups is 2. The number of primary amides is 1. The maximum atomic E-state index is 11.4. The molecule has 0 aliphatic carbocycles. The number of carbonyl (C=O) groups excluding carboxylic acids is 2. The SMILES string of the molecule is CCCCCC(=O)NCCOCCOCCOCCOCCC(N)=O.S=C1NCCN1. The number of hydrogen-bond acceptors (Lipinski definition) is 7. The van der Waals surface area contributed by atoms with Crippen molar-refractivity contribution in [2.75, 3.05) is 72.5 Å². The van der Waals surface area contributed by atoms with Gasteiger partial charge in [0.15, 0.2) is 5.11 Å². The molecule has 1 heterocycles. The number of amides is 2. The molecule has 31 heavy (non-hydrogen) atoms. The molecular formula is C20H40N4O6S. The predicted molar refractivity (Wildman–Crippen MR) is 123 cm³/mol. The van der Waals surface area contributed by atoms with Crippen LogP contribution in [0.2, 0.25) is 0 Å². The van der Waals surface area contributed by atoms with E-state index in [-0.39, 0.29) is 18.2 Å². The minimum Gasteiger partial charge on any atom is -0.379 e. The van der Waals surface area contributed by atoms with E-state index in [1.54, 1.807) is 0 Å². The molecule has 0 aromatic carbocycles.